The minimum Gasteiger partial charge on any atom is -0.507 e. The Morgan fingerprint density at radius 2 is 1.09 bits per heavy atom. The van der Waals surface area contributed by atoms with Crippen LogP contribution in [-0.2, 0) is 9.47 Å². The van der Waals surface area contributed by atoms with E-state index in [4.69, 9.17) is 28.4 Å². The summed E-state index contributed by atoms with van der Waals surface area (Å²) in [5.41, 5.74) is 2.88. The van der Waals surface area contributed by atoms with Gasteiger partial charge in [-0.3, -0.25) is 0 Å². The van der Waals surface area contributed by atoms with Crippen molar-refractivity contribution in [2.45, 2.75) is 64.3 Å². The monoisotopic (exact) mass is 606 g/mol. The van der Waals surface area contributed by atoms with Crippen molar-refractivity contribution in [2.24, 2.45) is 0 Å². The van der Waals surface area contributed by atoms with Gasteiger partial charge in [0.1, 0.15) is 46.7 Å². The Bertz CT molecular complexity index is 1800. The molecule has 0 saturated heterocycles. The number of hydrogen-bond acceptors (Lipinski definition) is 10. The zero-order chi connectivity index (χ0) is 31.8. The predicted molar refractivity (Wildman–Crippen MR) is 164 cm³/mol. The molecular weight excluding hydrogens is 568 g/mol. The van der Waals surface area contributed by atoms with Crippen LogP contribution in [0, 0.1) is 0 Å². The number of methoxy groups -OCH3 is 4. The lowest BCUT2D eigenvalue weighted by molar-refractivity contribution is -0.0815. The van der Waals surface area contributed by atoms with E-state index in [1.165, 1.54) is 28.4 Å². The Hall–Kier alpha value is -3.96. The molecule has 4 aromatic carbocycles. The van der Waals surface area contributed by atoms with E-state index in [9.17, 15) is 20.4 Å². The molecule has 2 aliphatic rings. The van der Waals surface area contributed by atoms with E-state index >= 15 is 0 Å². The molecule has 6 atom stereocenters. The van der Waals surface area contributed by atoms with Crippen LogP contribution in [0.5, 0.6) is 34.5 Å². The largest absolute Gasteiger partial charge is 0.507 e. The molecule has 0 unspecified atom stereocenters. The molecule has 0 saturated carbocycles. The van der Waals surface area contributed by atoms with Crippen molar-refractivity contribution in [3.63, 3.8) is 0 Å². The van der Waals surface area contributed by atoms with Gasteiger partial charge in [-0.05, 0) is 45.4 Å². The highest BCUT2D eigenvalue weighted by Crippen LogP contribution is 2.58. The number of phenols is 2. The second kappa shape index (κ2) is 10.9. The smallest absolute Gasteiger partial charge is 0.134 e. The summed E-state index contributed by atoms with van der Waals surface area (Å²) in [7, 11) is 6.06. The molecule has 6 rings (SSSR count). The van der Waals surface area contributed by atoms with Gasteiger partial charge in [-0.25, -0.2) is 0 Å². The molecule has 0 aromatic heterocycles. The topological polar surface area (TPSA) is 136 Å². The molecule has 2 heterocycles. The van der Waals surface area contributed by atoms with Crippen molar-refractivity contribution in [3.8, 4) is 45.6 Å². The molecule has 0 radical (unpaired) electrons. The number of aliphatic hydroxyl groups is 2. The third-order valence-electron chi connectivity index (χ3n) is 9.09. The van der Waals surface area contributed by atoms with Crippen LogP contribution in [0.25, 0.3) is 32.7 Å². The van der Waals surface area contributed by atoms with Crippen LogP contribution in [0.15, 0.2) is 24.3 Å². The van der Waals surface area contributed by atoms with Gasteiger partial charge in [0, 0.05) is 50.7 Å². The van der Waals surface area contributed by atoms with Crippen molar-refractivity contribution in [2.75, 3.05) is 28.4 Å². The van der Waals surface area contributed by atoms with E-state index in [0.29, 0.717) is 77.9 Å². The van der Waals surface area contributed by atoms with Gasteiger partial charge < -0.3 is 48.8 Å². The Kier molecular flexibility index (Phi) is 7.44. The number of ether oxygens (including phenoxy) is 6. The van der Waals surface area contributed by atoms with Gasteiger partial charge in [0.15, 0.2) is 0 Å². The number of benzene rings is 4. The van der Waals surface area contributed by atoms with Gasteiger partial charge in [0.05, 0.1) is 63.6 Å². The molecule has 0 amide bonds. The van der Waals surface area contributed by atoms with Gasteiger partial charge in [-0.2, -0.15) is 0 Å². The molecule has 2 aliphatic heterocycles. The van der Waals surface area contributed by atoms with E-state index in [0.717, 1.165) is 0 Å². The highest BCUT2D eigenvalue weighted by Gasteiger charge is 2.40. The molecule has 0 fully saturated rings. The fraction of sp³-hybridized carbons (Fsp3) is 0.412. The number of aromatic hydroxyl groups is 2. The van der Waals surface area contributed by atoms with Gasteiger partial charge in [-0.15, -0.1) is 0 Å². The summed E-state index contributed by atoms with van der Waals surface area (Å²) in [6, 6.07) is 6.95. The molecule has 44 heavy (non-hydrogen) atoms. The van der Waals surface area contributed by atoms with Gasteiger partial charge in [-0.1, -0.05) is 0 Å². The van der Waals surface area contributed by atoms with Gasteiger partial charge >= 0.3 is 0 Å². The van der Waals surface area contributed by atoms with E-state index in [-0.39, 0.29) is 11.5 Å². The number of fused-ring (bicyclic) bond motifs is 4. The van der Waals surface area contributed by atoms with Crippen LogP contribution in [-0.4, -0.2) is 61.1 Å². The lowest BCUT2D eigenvalue weighted by Crippen LogP contribution is -2.28. The molecule has 10 heteroatoms. The average Bonchev–Trinajstić information content (AvgIpc) is 3.00. The fourth-order valence-corrected chi connectivity index (χ4v) is 7.06. The fourth-order valence-electron chi connectivity index (χ4n) is 7.06. The Labute approximate surface area is 255 Å². The second-order valence-corrected chi connectivity index (χ2v) is 11.5. The summed E-state index contributed by atoms with van der Waals surface area (Å²) in [5, 5.41) is 48.5. The van der Waals surface area contributed by atoms with Crippen LogP contribution in [0.1, 0.15) is 74.4 Å². The third-order valence-corrected chi connectivity index (χ3v) is 9.09. The molecule has 0 aliphatic carbocycles. The van der Waals surface area contributed by atoms with E-state index in [1.807, 2.05) is 19.9 Å². The van der Waals surface area contributed by atoms with Gasteiger partial charge in [0.25, 0.3) is 0 Å². The average molecular weight is 607 g/mol. The van der Waals surface area contributed by atoms with Crippen molar-refractivity contribution in [3.05, 3.63) is 46.5 Å². The third kappa shape index (κ3) is 4.16. The highest BCUT2D eigenvalue weighted by atomic mass is 16.5. The van der Waals surface area contributed by atoms with E-state index in [1.54, 1.807) is 32.0 Å². The lowest BCUT2D eigenvalue weighted by atomic mass is 9.79. The summed E-state index contributed by atoms with van der Waals surface area (Å²) in [6.45, 7) is 7.19. The van der Waals surface area contributed by atoms with Crippen molar-refractivity contribution in [1.82, 2.24) is 0 Å². The zero-order valence-corrected chi connectivity index (χ0v) is 26.0. The molecule has 0 bridgehead atoms. The summed E-state index contributed by atoms with van der Waals surface area (Å²) in [5.74, 6) is 1.38. The molecule has 4 aromatic rings. The Morgan fingerprint density at radius 3 is 1.68 bits per heavy atom. The number of phenolic OH excluding ortho intramolecular Hbond substituents is 2. The molecule has 0 spiro atoms. The van der Waals surface area contributed by atoms with E-state index in [2.05, 4.69) is 0 Å². The molecule has 4 N–H and O–H groups in total. The van der Waals surface area contributed by atoms with Crippen LogP contribution >= 0.6 is 0 Å². The van der Waals surface area contributed by atoms with Crippen molar-refractivity contribution < 1.29 is 48.8 Å². The van der Waals surface area contributed by atoms with Gasteiger partial charge in [0.2, 0.25) is 0 Å². The maximum atomic E-state index is 11.9. The zero-order valence-electron chi connectivity index (χ0n) is 26.0. The van der Waals surface area contributed by atoms with Crippen molar-refractivity contribution in [1.29, 1.82) is 0 Å². The maximum absolute atomic E-state index is 11.9. The summed E-state index contributed by atoms with van der Waals surface area (Å²) in [6.07, 6.45) is -4.39. The minimum absolute atomic E-state index is 0.0797. The standard InChI is InChI=1S/C34H38O10/c1-13-24-20(31(35)15(3)43-13)11-19-26(22(41-7)12-23(42-8)28(19)33(24)37)29-18-9-17(39-5)10-21(40-6)27(18)34(38)25-14(2)44-16(4)32(36)30(25)29/h9-16,31-32,35-38H,1-8H3/t13-,14+,15-,16-,31+,32+/m0/s1. The normalized spacial score (nSPS) is 24.6. The quantitative estimate of drug-likeness (QED) is 0.210. The number of aliphatic hydroxyl groups excluding tert-OH is 2. The molecular formula is C34H38O10. The summed E-state index contributed by atoms with van der Waals surface area (Å²) < 4.78 is 35.1. The van der Waals surface area contributed by atoms with Crippen molar-refractivity contribution >= 4 is 21.5 Å². The van der Waals surface area contributed by atoms with Crippen LogP contribution in [0.3, 0.4) is 0 Å². The number of rotatable bonds is 5. The predicted octanol–water partition coefficient (Wildman–Crippen LogP) is 6.13. The van der Waals surface area contributed by atoms with E-state index < -0.39 is 36.6 Å². The second-order valence-electron chi connectivity index (χ2n) is 11.5. The van der Waals surface area contributed by atoms with Crippen LogP contribution in [0.4, 0.5) is 0 Å². The summed E-state index contributed by atoms with van der Waals surface area (Å²) in [4.78, 5) is 0. The Balaban J connectivity index is 1.91. The van der Waals surface area contributed by atoms with Crippen LogP contribution < -0.4 is 18.9 Å². The highest BCUT2D eigenvalue weighted by molar-refractivity contribution is 6.15. The molecule has 234 valence electrons. The first kappa shape index (κ1) is 30.1. The van der Waals surface area contributed by atoms with Crippen LogP contribution in [0.2, 0.25) is 0 Å². The first-order valence-corrected chi connectivity index (χ1v) is 14.5. The maximum Gasteiger partial charge on any atom is 0.134 e. The Morgan fingerprint density at radius 1 is 0.568 bits per heavy atom. The minimum atomic E-state index is -1.14. The SMILES string of the molecule is COc1cc(OC)c2c(O)c3c(c(-c4c(OC)cc(OC)c5c(O)c6c(cc45)[C@H](O)[C@H](C)O[C@H]6C)c2c1)[C@H](O)[C@H](C)O[C@@H]3C. The number of hydrogen-bond donors (Lipinski definition) is 4. The molecule has 10 nitrogen and oxygen atoms in total. The summed E-state index contributed by atoms with van der Waals surface area (Å²) >= 11 is 0. The first-order valence-electron chi connectivity index (χ1n) is 14.5. The first-order chi connectivity index (χ1) is 21.0. The lowest BCUT2D eigenvalue weighted by Gasteiger charge is -2.36.